The topological polar surface area (TPSA) is 69.0 Å². The van der Waals surface area contributed by atoms with E-state index < -0.39 is 0 Å². The smallest absolute Gasteiger partial charge is 0.241 e. The summed E-state index contributed by atoms with van der Waals surface area (Å²) in [5.74, 6) is -0.0664. The van der Waals surface area contributed by atoms with Crippen LogP contribution in [0.2, 0.25) is 5.02 Å². The number of nitrogens with zero attached hydrogens (tertiary/aromatic N) is 3. The van der Waals surface area contributed by atoms with Gasteiger partial charge in [-0.25, -0.2) is 4.68 Å². The Morgan fingerprint density at radius 3 is 2.74 bits per heavy atom. The number of ether oxygens (including phenoxy) is 1. The highest BCUT2D eigenvalue weighted by molar-refractivity contribution is 6.30. The molecule has 1 aliphatic carbocycles. The monoisotopic (exact) mass is 390 g/mol. The lowest BCUT2D eigenvalue weighted by Crippen LogP contribution is -2.30. The zero-order valence-corrected chi connectivity index (χ0v) is 16.5. The molecule has 1 heterocycles. The van der Waals surface area contributed by atoms with Gasteiger partial charge in [0.1, 0.15) is 12.2 Å². The summed E-state index contributed by atoms with van der Waals surface area (Å²) in [4.78, 5) is 12.2. The summed E-state index contributed by atoms with van der Waals surface area (Å²) in [5, 5.41) is 11.9. The van der Waals surface area contributed by atoms with Gasteiger partial charge in [0, 0.05) is 23.7 Å². The SMILES string of the molecule is Cc1c(-c2ccc(Cl)cc2)nnn1CC(=O)NCCCOC1CCCCC1. The fraction of sp³-hybridized carbons (Fsp3) is 0.550. The predicted octanol–water partition coefficient (Wildman–Crippen LogP) is 3.76. The van der Waals surface area contributed by atoms with Crippen LogP contribution < -0.4 is 5.32 Å². The molecule has 2 aromatic rings. The standard InChI is InChI=1S/C20H27ClN4O2/c1-15-20(16-8-10-17(21)11-9-16)23-24-25(15)14-19(26)22-12-5-13-27-18-6-3-2-4-7-18/h8-11,18H,2-7,12-14H2,1H3,(H,22,26). The van der Waals surface area contributed by atoms with E-state index in [2.05, 4.69) is 15.6 Å². The molecule has 0 radical (unpaired) electrons. The van der Waals surface area contributed by atoms with E-state index in [0.29, 0.717) is 24.3 Å². The number of aromatic nitrogens is 3. The fourth-order valence-electron chi connectivity index (χ4n) is 3.36. The average Bonchev–Trinajstić information content (AvgIpc) is 3.03. The summed E-state index contributed by atoms with van der Waals surface area (Å²) in [5.41, 5.74) is 2.55. The van der Waals surface area contributed by atoms with Crippen molar-refractivity contribution >= 4 is 17.5 Å². The first-order chi connectivity index (χ1) is 13.1. The number of hydrogen-bond donors (Lipinski definition) is 1. The number of carbonyl (C=O) groups is 1. The highest BCUT2D eigenvalue weighted by atomic mass is 35.5. The second-order valence-corrected chi connectivity index (χ2v) is 7.46. The van der Waals surface area contributed by atoms with Gasteiger partial charge in [0.25, 0.3) is 0 Å². The Balaban J connectivity index is 1.41. The third-order valence-corrected chi connectivity index (χ3v) is 5.19. The van der Waals surface area contributed by atoms with Gasteiger partial charge in [-0.15, -0.1) is 5.10 Å². The number of halogens is 1. The van der Waals surface area contributed by atoms with Gasteiger partial charge in [-0.3, -0.25) is 4.79 Å². The molecule has 27 heavy (non-hydrogen) atoms. The van der Waals surface area contributed by atoms with Gasteiger partial charge in [0.15, 0.2) is 0 Å². The van der Waals surface area contributed by atoms with Crippen molar-refractivity contribution in [1.29, 1.82) is 0 Å². The molecule has 1 fully saturated rings. The lowest BCUT2D eigenvalue weighted by Gasteiger charge is -2.21. The largest absolute Gasteiger partial charge is 0.378 e. The van der Waals surface area contributed by atoms with Gasteiger partial charge in [-0.05, 0) is 38.3 Å². The number of nitrogens with one attached hydrogen (secondary N) is 1. The Morgan fingerprint density at radius 2 is 2.00 bits per heavy atom. The highest BCUT2D eigenvalue weighted by Crippen LogP contribution is 2.22. The van der Waals surface area contributed by atoms with E-state index in [1.165, 1.54) is 32.1 Å². The van der Waals surface area contributed by atoms with Crippen LogP contribution in [0, 0.1) is 6.92 Å². The molecular formula is C20H27ClN4O2. The molecule has 7 heteroatoms. The molecule has 1 saturated carbocycles. The number of benzene rings is 1. The molecule has 3 rings (SSSR count). The molecule has 6 nitrogen and oxygen atoms in total. The van der Waals surface area contributed by atoms with Crippen molar-refractivity contribution in [2.45, 2.75) is 58.1 Å². The quantitative estimate of drug-likeness (QED) is 0.697. The van der Waals surface area contributed by atoms with Crippen molar-refractivity contribution < 1.29 is 9.53 Å². The van der Waals surface area contributed by atoms with Gasteiger partial charge in [-0.2, -0.15) is 0 Å². The van der Waals surface area contributed by atoms with Gasteiger partial charge < -0.3 is 10.1 Å². The third-order valence-electron chi connectivity index (χ3n) is 4.94. The van der Waals surface area contributed by atoms with E-state index in [4.69, 9.17) is 16.3 Å². The zero-order valence-electron chi connectivity index (χ0n) is 15.8. The molecular weight excluding hydrogens is 364 g/mol. The van der Waals surface area contributed by atoms with Crippen molar-refractivity contribution in [2.24, 2.45) is 0 Å². The number of hydrogen-bond acceptors (Lipinski definition) is 4. The average molecular weight is 391 g/mol. The number of rotatable bonds is 8. The second-order valence-electron chi connectivity index (χ2n) is 7.02. The maximum Gasteiger partial charge on any atom is 0.241 e. The second kappa shape index (κ2) is 9.85. The van der Waals surface area contributed by atoms with Gasteiger partial charge in [-0.1, -0.05) is 48.2 Å². The molecule has 1 aliphatic rings. The molecule has 0 unspecified atom stereocenters. The molecule has 0 spiro atoms. The van der Waals surface area contributed by atoms with Crippen molar-refractivity contribution in [3.05, 3.63) is 35.0 Å². The van der Waals surface area contributed by atoms with Crippen LogP contribution in [0.4, 0.5) is 0 Å². The Labute approximate surface area is 165 Å². The molecule has 0 saturated heterocycles. The summed E-state index contributed by atoms with van der Waals surface area (Å²) < 4.78 is 7.50. The Morgan fingerprint density at radius 1 is 1.26 bits per heavy atom. The van der Waals surface area contributed by atoms with Crippen LogP contribution in [0.3, 0.4) is 0 Å². The fourth-order valence-corrected chi connectivity index (χ4v) is 3.48. The normalized spacial score (nSPS) is 15.0. The van der Waals surface area contributed by atoms with Gasteiger partial charge >= 0.3 is 0 Å². The Bertz CT molecular complexity index is 739. The summed E-state index contributed by atoms with van der Waals surface area (Å²) in [7, 11) is 0. The molecule has 1 amide bonds. The first-order valence-corrected chi connectivity index (χ1v) is 10.1. The van der Waals surface area contributed by atoms with E-state index in [9.17, 15) is 4.79 Å². The summed E-state index contributed by atoms with van der Waals surface area (Å²) in [6.45, 7) is 3.39. The molecule has 1 aromatic carbocycles. The molecule has 0 atom stereocenters. The highest BCUT2D eigenvalue weighted by Gasteiger charge is 2.14. The van der Waals surface area contributed by atoms with Crippen LogP contribution in [0.15, 0.2) is 24.3 Å². The number of carbonyl (C=O) groups excluding carboxylic acids is 1. The first-order valence-electron chi connectivity index (χ1n) is 9.68. The van der Waals surface area contributed by atoms with E-state index >= 15 is 0 Å². The molecule has 0 bridgehead atoms. The van der Waals surface area contributed by atoms with Crippen molar-refractivity contribution in [1.82, 2.24) is 20.3 Å². The van der Waals surface area contributed by atoms with Crippen LogP contribution in [-0.2, 0) is 16.1 Å². The molecule has 0 aliphatic heterocycles. The minimum Gasteiger partial charge on any atom is -0.378 e. The maximum absolute atomic E-state index is 12.2. The lowest BCUT2D eigenvalue weighted by atomic mass is 9.98. The van der Waals surface area contributed by atoms with Crippen LogP contribution in [-0.4, -0.2) is 40.2 Å². The predicted molar refractivity (Wildman–Crippen MR) is 106 cm³/mol. The zero-order chi connectivity index (χ0) is 19.1. The Hall–Kier alpha value is -1.92. The van der Waals surface area contributed by atoms with Crippen LogP contribution in [0.25, 0.3) is 11.3 Å². The maximum atomic E-state index is 12.2. The Kier molecular flexibility index (Phi) is 7.24. The van der Waals surface area contributed by atoms with Crippen molar-refractivity contribution in [3.8, 4) is 11.3 Å². The van der Waals surface area contributed by atoms with Crippen LogP contribution in [0.1, 0.15) is 44.2 Å². The summed E-state index contributed by atoms with van der Waals surface area (Å²) in [6, 6.07) is 7.43. The molecule has 1 aromatic heterocycles. The van der Waals surface area contributed by atoms with E-state index in [-0.39, 0.29) is 12.5 Å². The van der Waals surface area contributed by atoms with Crippen molar-refractivity contribution in [3.63, 3.8) is 0 Å². The van der Waals surface area contributed by atoms with Crippen LogP contribution >= 0.6 is 11.6 Å². The van der Waals surface area contributed by atoms with Crippen molar-refractivity contribution in [2.75, 3.05) is 13.2 Å². The van der Waals surface area contributed by atoms with E-state index in [0.717, 1.165) is 23.4 Å². The minimum atomic E-state index is -0.0664. The molecule has 146 valence electrons. The minimum absolute atomic E-state index is 0.0664. The first kappa shape index (κ1) is 19.8. The number of amides is 1. The van der Waals surface area contributed by atoms with E-state index in [1.54, 1.807) is 4.68 Å². The molecule has 1 N–H and O–H groups in total. The lowest BCUT2D eigenvalue weighted by molar-refractivity contribution is -0.121. The van der Waals surface area contributed by atoms with Gasteiger partial charge in [0.2, 0.25) is 5.91 Å². The summed E-state index contributed by atoms with van der Waals surface area (Å²) in [6.07, 6.45) is 7.47. The van der Waals surface area contributed by atoms with Gasteiger partial charge in [0.05, 0.1) is 11.8 Å². The third kappa shape index (κ3) is 5.78. The summed E-state index contributed by atoms with van der Waals surface area (Å²) >= 11 is 5.92. The van der Waals surface area contributed by atoms with E-state index in [1.807, 2.05) is 31.2 Å². The van der Waals surface area contributed by atoms with Crippen LogP contribution in [0.5, 0.6) is 0 Å².